The van der Waals surface area contributed by atoms with E-state index in [1.165, 1.54) is 21.8 Å². The minimum Gasteiger partial charge on any atom is -0.347 e. The van der Waals surface area contributed by atoms with Crippen LogP contribution in [0.25, 0.3) is 11.4 Å². The molecule has 0 aliphatic heterocycles. The lowest BCUT2D eigenvalue weighted by Crippen LogP contribution is -2.33. The molecule has 7 heteroatoms. The second-order valence-electron chi connectivity index (χ2n) is 5.49. The van der Waals surface area contributed by atoms with E-state index < -0.39 is 6.04 Å². The van der Waals surface area contributed by atoms with Gasteiger partial charge in [-0.25, -0.2) is 4.39 Å². The van der Waals surface area contributed by atoms with E-state index >= 15 is 0 Å². The highest BCUT2D eigenvalue weighted by atomic mass is 19.1. The zero-order valence-corrected chi connectivity index (χ0v) is 13.3. The Labute approximate surface area is 138 Å². The minimum absolute atomic E-state index is 0.176. The molecule has 0 spiro atoms. The average Bonchev–Trinajstić information content (AvgIpc) is 3.05. The number of rotatable bonds is 4. The molecule has 0 aliphatic rings. The number of carbonyl (C=O) groups excluding carboxylic acids is 1. The Morgan fingerprint density at radius 2 is 1.88 bits per heavy atom. The third-order valence-corrected chi connectivity index (χ3v) is 3.53. The zero-order chi connectivity index (χ0) is 17.1. The fourth-order valence-corrected chi connectivity index (χ4v) is 2.33. The van der Waals surface area contributed by atoms with Crippen LogP contribution in [0.1, 0.15) is 11.6 Å². The molecule has 1 aromatic heterocycles. The van der Waals surface area contributed by atoms with Crippen molar-refractivity contribution in [2.45, 2.75) is 6.04 Å². The van der Waals surface area contributed by atoms with Crippen molar-refractivity contribution in [2.75, 3.05) is 14.1 Å². The number of halogens is 1. The van der Waals surface area contributed by atoms with E-state index in [0.717, 1.165) is 5.56 Å². The maximum Gasteiger partial charge on any atom is 0.253 e. The molecule has 3 aromatic rings. The highest BCUT2D eigenvalue weighted by Gasteiger charge is 2.27. The van der Waals surface area contributed by atoms with Crippen LogP contribution in [-0.4, -0.2) is 45.1 Å². The summed E-state index contributed by atoms with van der Waals surface area (Å²) in [6.07, 6.45) is 0. The highest BCUT2D eigenvalue weighted by molar-refractivity contribution is 5.83. The summed E-state index contributed by atoms with van der Waals surface area (Å²) < 4.78 is 13.4. The fourth-order valence-electron chi connectivity index (χ4n) is 2.33. The lowest BCUT2D eigenvalue weighted by atomic mass is 10.1. The first kappa shape index (κ1) is 15.8. The molecule has 1 unspecified atom stereocenters. The van der Waals surface area contributed by atoms with Crippen molar-refractivity contribution in [3.8, 4) is 11.4 Å². The molecule has 1 amide bonds. The summed E-state index contributed by atoms with van der Waals surface area (Å²) in [5, 5.41) is 12.3. The van der Waals surface area contributed by atoms with Gasteiger partial charge in [0.05, 0.1) is 0 Å². The molecule has 0 fully saturated rings. The predicted octanol–water partition coefficient (Wildman–Crippen LogP) is 2.16. The number of hydrogen-bond acceptors (Lipinski definition) is 4. The fraction of sp³-hybridized carbons (Fsp3) is 0.176. The predicted molar refractivity (Wildman–Crippen MR) is 86.5 cm³/mol. The van der Waals surface area contributed by atoms with Gasteiger partial charge in [-0.05, 0) is 22.9 Å². The summed E-state index contributed by atoms with van der Waals surface area (Å²) in [6.45, 7) is 0. The van der Waals surface area contributed by atoms with Crippen LogP contribution in [0.3, 0.4) is 0 Å². The summed E-state index contributed by atoms with van der Waals surface area (Å²) >= 11 is 0. The van der Waals surface area contributed by atoms with E-state index in [4.69, 9.17) is 0 Å². The molecule has 0 radical (unpaired) electrons. The van der Waals surface area contributed by atoms with Crippen LogP contribution in [0.5, 0.6) is 0 Å². The molecular weight excluding hydrogens is 309 g/mol. The summed E-state index contributed by atoms with van der Waals surface area (Å²) in [7, 11) is 3.34. The molecule has 6 nitrogen and oxygen atoms in total. The SMILES string of the molecule is CN(C)C(=O)C(c1ccccc1)n1nnc(-c2cccc(F)c2)n1. The van der Waals surface area contributed by atoms with Gasteiger partial charge in [-0.15, -0.1) is 15.0 Å². The third kappa shape index (κ3) is 3.15. The highest BCUT2D eigenvalue weighted by Crippen LogP contribution is 2.21. The topological polar surface area (TPSA) is 63.9 Å². The van der Waals surface area contributed by atoms with Crippen LogP contribution < -0.4 is 0 Å². The van der Waals surface area contributed by atoms with Gasteiger partial charge in [0.15, 0.2) is 6.04 Å². The Kier molecular flexibility index (Phi) is 4.33. The molecule has 122 valence electrons. The Balaban J connectivity index is 2.02. The lowest BCUT2D eigenvalue weighted by molar-refractivity contribution is -0.131. The van der Waals surface area contributed by atoms with E-state index in [9.17, 15) is 9.18 Å². The minimum atomic E-state index is -0.726. The molecule has 24 heavy (non-hydrogen) atoms. The van der Waals surface area contributed by atoms with Crippen molar-refractivity contribution >= 4 is 5.91 Å². The van der Waals surface area contributed by atoms with Gasteiger partial charge >= 0.3 is 0 Å². The van der Waals surface area contributed by atoms with Gasteiger partial charge in [-0.2, -0.15) is 0 Å². The van der Waals surface area contributed by atoms with Crippen LogP contribution in [0.15, 0.2) is 54.6 Å². The van der Waals surface area contributed by atoms with Crippen molar-refractivity contribution in [1.29, 1.82) is 0 Å². The second-order valence-corrected chi connectivity index (χ2v) is 5.49. The van der Waals surface area contributed by atoms with Gasteiger partial charge in [0.2, 0.25) is 5.82 Å². The number of benzene rings is 2. The van der Waals surface area contributed by atoms with Gasteiger partial charge in [0.25, 0.3) is 5.91 Å². The van der Waals surface area contributed by atoms with Gasteiger partial charge in [0.1, 0.15) is 5.82 Å². The van der Waals surface area contributed by atoms with Gasteiger partial charge < -0.3 is 4.90 Å². The number of carbonyl (C=O) groups is 1. The molecule has 2 aromatic carbocycles. The van der Waals surface area contributed by atoms with Crippen LogP contribution in [-0.2, 0) is 4.79 Å². The molecule has 0 saturated heterocycles. The number of aromatic nitrogens is 4. The summed E-state index contributed by atoms with van der Waals surface area (Å²) in [6, 6.07) is 14.4. The Morgan fingerprint density at radius 1 is 1.12 bits per heavy atom. The summed E-state index contributed by atoms with van der Waals surface area (Å²) in [4.78, 5) is 15.3. The van der Waals surface area contributed by atoms with E-state index in [-0.39, 0.29) is 17.5 Å². The van der Waals surface area contributed by atoms with E-state index in [2.05, 4.69) is 15.4 Å². The average molecular weight is 325 g/mol. The maximum atomic E-state index is 13.4. The summed E-state index contributed by atoms with van der Waals surface area (Å²) in [5.74, 6) is -0.292. The Bertz CT molecular complexity index is 847. The zero-order valence-electron chi connectivity index (χ0n) is 13.3. The molecule has 3 rings (SSSR count). The Hall–Kier alpha value is -3.09. The number of nitrogens with zero attached hydrogens (tertiary/aromatic N) is 5. The number of amides is 1. The van der Waals surface area contributed by atoms with Gasteiger partial charge in [-0.3, -0.25) is 4.79 Å². The van der Waals surface area contributed by atoms with Crippen molar-refractivity contribution < 1.29 is 9.18 Å². The monoisotopic (exact) mass is 325 g/mol. The van der Waals surface area contributed by atoms with E-state index in [1.807, 2.05) is 30.3 Å². The van der Waals surface area contributed by atoms with Crippen molar-refractivity contribution in [3.63, 3.8) is 0 Å². The van der Waals surface area contributed by atoms with Crippen LogP contribution in [0.4, 0.5) is 4.39 Å². The second kappa shape index (κ2) is 6.57. The van der Waals surface area contributed by atoms with Crippen LogP contribution in [0.2, 0.25) is 0 Å². The first-order chi connectivity index (χ1) is 11.6. The molecule has 1 heterocycles. The number of hydrogen-bond donors (Lipinski definition) is 0. The molecule has 1 atom stereocenters. The quantitative estimate of drug-likeness (QED) is 0.737. The standard InChI is InChI=1S/C17H16FN5O/c1-22(2)17(24)15(12-7-4-3-5-8-12)23-20-16(19-21-23)13-9-6-10-14(18)11-13/h3-11,15H,1-2H3. The first-order valence-electron chi connectivity index (χ1n) is 7.38. The van der Waals surface area contributed by atoms with Crippen molar-refractivity contribution in [3.05, 3.63) is 66.0 Å². The Morgan fingerprint density at radius 3 is 2.54 bits per heavy atom. The molecule has 0 bridgehead atoms. The van der Waals surface area contributed by atoms with Crippen LogP contribution in [0, 0.1) is 5.82 Å². The van der Waals surface area contributed by atoms with E-state index in [1.54, 1.807) is 26.2 Å². The summed E-state index contributed by atoms with van der Waals surface area (Å²) in [5.41, 5.74) is 1.25. The number of tetrazole rings is 1. The van der Waals surface area contributed by atoms with Crippen LogP contribution >= 0.6 is 0 Å². The number of likely N-dealkylation sites (N-methyl/N-ethyl adjacent to an activating group) is 1. The first-order valence-corrected chi connectivity index (χ1v) is 7.38. The smallest absolute Gasteiger partial charge is 0.253 e. The largest absolute Gasteiger partial charge is 0.347 e. The van der Waals surface area contributed by atoms with Gasteiger partial charge in [0, 0.05) is 19.7 Å². The van der Waals surface area contributed by atoms with Crippen molar-refractivity contribution in [2.24, 2.45) is 0 Å². The van der Waals surface area contributed by atoms with Gasteiger partial charge in [-0.1, -0.05) is 42.5 Å². The molecule has 0 aliphatic carbocycles. The van der Waals surface area contributed by atoms with Crippen molar-refractivity contribution in [1.82, 2.24) is 25.1 Å². The maximum absolute atomic E-state index is 13.4. The molecular formula is C17H16FN5O. The third-order valence-electron chi connectivity index (χ3n) is 3.53. The molecule has 0 saturated carbocycles. The van der Waals surface area contributed by atoms with E-state index in [0.29, 0.717) is 5.56 Å². The lowest BCUT2D eigenvalue weighted by Gasteiger charge is -2.19. The normalized spacial score (nSPS) is 12.0. The molecule has 0 N–H and O–H groups in total.